The van der Waals surface area contributed by atoms with Crippen LogP contribution in [0.5, 0.6) is 5.75 Å². The molecule has 0 bridgehead atoms. The Morgan fingerprint density at radius 1 is 1.00 bits per heavy atom. The molecule has 4 rings (SSSR count). The molecule has 2 aliphatic heterocycles. The van der Waals surface area contributed by atoms with E-state index in [4.69, 9.17) is 4.74 Å². The zero-order valence-electron chi connectivity index (χ0n) is 16.1. The van der Waals surface area contributed by atoms with E-state index >= 15 is 0 Å². The maximum atomic E-state index is 12.5. The van der Waals surface area contributed by atoms with Crippen molar-refractivity contribution in [1.29, 1.82) is 0 Å². The molecule has 1 aromatic rings. The monoisotopic (exact) mass is 370 g/mol. The maximum absolute atomic E-state index is 12.5. The van der Waals surface area contributed by atoms with Gasteiger partial charge < -0.3 is 14.5 Å². The molecule has 2 heterocycles. The highest BCUT2D eigenvalue weighted by Crippen LogP contribution is 2.33. The van der Waals surface area contributed by atoms with Crippen LogP contribution in [-0.2, 0) is 22.6 Å². The topological polar surface area (TPSA) is 49.9 Å². The highest BCUT2D eigenvalue weighted by Gasteiger charge is 2.34. The van der Waals surface area contributed by atoms with Crippen LogP contribution in [0.15, 0.2) is 18.2 Å². The Morgan fingerprint density at radius 3 is 2.52 bits per heavy atom. The standard InChI is InChI=1S/C22H30N2O3/c25-21(23-11-3-1-2-4-12-23)10-6-17-5-9-20-19(15-17)16-24(13-14-27-20)22(26)18-7-8-18/h5,9,15,18H,1-4,6-8,10-14,16H2. The van der Waals surface area contributed by atoms with E-state index in [0.717, 1.165) is 62.1 Å². The van der Waals surface area contributed by atoms with Crippen molar-refractivity contribution >= 4 is 11.8 Å². The number of carbonyl (C=O) groups is 2. The minimum Gasteiger partial charge on any atom is -0.491 e. The first-order chi connectivity index (χ1) is 13.2. The van der Waals surface area contributed by atoms with Crippen LogP contribution in [0.3, 0.4) is 0 Å². The van der Waals surface area contributed by atoms with Crippen LogP contribution >= 0.6 is 0 Å². The summed E-state index contributed by atoms with van der Waals surface area (Å²) in [6.45, 7) is 3.66. The van der Waals surface area contributed by atoms with Gasteiger partial charge in [0.2, 0.25) is 11.8 Å². The Morgan fingerprint density at radius 2 is 1.78 bits per heavy atom. The van der Waals surface area contributed by atoms with Gasteiger partial charge in [-0.1, -0.05) is 25.0 Å². The molecule has 2 fully saturated rings. The summed E-state index contributed by atoms with van der Waals surface area (Å²) in [6.07, 6.45) is 8.11. The van der Waals surface area contributed by atoms with Crippen molar-refractivity contribution < 1.29 is 14.3 Å². The summed E-state index contributed by atoms with van der Waals surface area (Å²) < 4.78 is 5.85. The summed E-state index contributed by atoms with van der Waals surface area (Å²) >= 11 is 0. The average molecular weight is 370 g/mol. The van der Waals surface area contributed by atoms with Crippen molar-refractivity contribution in [1.82, 2.24) is 9.80 Å². The molecule has 2 amide bonds. The number of nitrogens with zero attached hydrogens (tertiary/aromatic N) is 2. The number of likely N-dealkylation sites (tertiary alicyclic amines) is 1. The molecule has 0 radical (unpaired) electrons. The molecule has 0 unspecified atom stereocenters. The van der Waals surface area contributed by atoms with E-state index in [-0.39, 0.29) is 17.7 Å². The lowest BCUT2D eigenvalue weighted by atomic mass is 10.0. The molecular weight excluding hydrogens is 340 g/mol. The fourth-order valence-corrected chi connectivity index (χ4v) is 4.11. The molecule has 1 saturated heterocycles. The SMILES string of the molecule is O=C(CCc1ccc2c(c1)CN(C(=O)C1CC1)CCO2)N1CCCCCC1. The van der Waals surface area contributed by atoms with E-state index in [1.54, 1.807) is 0 Å². The molecular formula is C22H30N2O3. The lowest BCUT2D eigenvalue weighted by Gasteiger charge is -2.21. The van der Waals surface area contributed by atoms with E-state index in [9.17, 15) is 9.59 Å². The summed E-state index contributed by atoms with van der Waals surface area (Å²) in [6, 6.07) is 6.20. The quantitative estimate of drug-likeness (QED) is 0.818. The van der Waals surface area contributed by atoms with Crippen LogP contribution in [0.1, 0.15) is 56.1 Å². The Hall–Kier alpha value is -2.04. The Labute approximate surface area is 161 Å². The van der Waals surface area contributed by atoms with Crippen LogP contribution in [-0.4, -0.2) is 47.9 Å². The summed E-state index contributed by atoms with van der Waals surface area (Å²) in [5, 5.41) is 0. The van der Waals surface area contributed by atoms with E-state index < -0.39 is 0 Å². The van der Waals surface area contributed by atoms with Gasteiger partial charge in [0.25, 0.3) is 0 Å². The Bertz CT molecular complexity index is 691. The molecule has 0 N–H and O–H groups in total. The van der Waals surface area contributed by atoms with Crippen molar-refractivity contribution in [2.45, 2.75) is 57.9 Å². The van der Waals surface area contributed by atoms with Crippen molar-refractivity contribution in [3.05, 3.63) is 29.3 Å². The van der Waals surface area contributed by atoms with Crippen LogP contribution in [0.2, 0.25) is 0 Å². The second-order valence-corrected chi connectivity index (χ2v) is 8.12. The zero-order valence-corrected chi connectivity index (χ0v) is 16.1. The molecule has 146 valence electrons. The van der Waals surface area contributed by atoms with Crippen LogP contribution in [0, 0.1) is 5.92 Å². The first kappa shape index (κ1) is 18.3. The van der Waals surface area contributed by atoms with Crippen LogP contribution in [0.25, 0.3) is 0 Å². The van der Waals surface area contributed by atoms with Gasteiger partial charge in [-0.3, -0.25) is 9.59 Å². The molecule has 1 aliphatic carbocycles. The number of carbonyl (C=O) groups excluding carboxylic acids is 2. The number of rotatable bonds is 4. The number of ether oxygens (including phenoxy) is 1. The second kappa shape index (κ2) is 8.32. The van der Waals surface area contributed by atoms with Gasteiger partial charge in [-0.2, -0.15) is 0 Å². The lowest BCUT2D eigenvalue weighted by Crippen LogP contribution is -2.33. The Kier molecular flexibility index (Phi) is 5.65. The first-order valence-electron chi connectivity index (χ1n) is 10.5. The van der Waals surface area contributed by atoms with E-state index in [1.165, 1.54) is 12.8 Å². The number of fused-ring (bicyclic) bond motifs is 1. The van der Waals surface area contributed by atoms with Gasteiger partial charge in [-0.15, -0.1) is 0 Å². The fraction of sp³-hybridized carbons (Fsp3) is 0.636. The molecule has 0 aromatic heterocycles. The molecule has 5 heteroatoms. The fourth-order valence-electron chi connectivity index (χ4n) is 4.11. The molecule has 1 saturated carbocycles. The van der Waals surface area contributed by atoms with E-state index in [0.29, 0.717) is 26.1 Å². The van der Waals surface area contributed by atoms with Crippen molar-refractivity contribution in [3.8, 4) is 5.75 Å². The maximum Gasteiger partial charge on any atom is 0.226 e. The van der Waals surface area contributed by atoms with Crippen molar-refractivity contribution in [2.24, 2.45) is 5.92 Å². The smallest absolute Gasteiger partial charge is 0.226 e. The first-order valence-corrected chi connectivity index (χ1v) is 10.5. The van der Waals surface area contributed by atoms with Gasteiger partial charge in [0.15, 0.2) is 0 Å². The van der Waals surface area contributed by atoms with Gasteiger partial charge in [-0.25, -0.2) is 0 Å². The highest BCUT2D eigenvalue weighted by atomic mass is 16.5. The number of benzene rings is 1. The van der Waals surface area contributed by atoms with Gasteiger partial charge in [0, 0.05) is 37.5 Å². The van der Waals surface area contributed by atoms with Crippen LogP contribution in [0.4, 0.5) is 0 Å². The predicted molar refractivity (Wildman–Crippen MR) is 103 cm³/mol. The number of hydrogen-bond donors (Lipinski definition) is 0. The molecule has 0 spiro atoms. The third kappa shape index (κ3) is 4.63. The molecule has 3 aliphatic rings. The largest absolute Gasteiger partial charge is 0.491 e. The lowest BCUT2D eigenvalue weighted by molar-refractivity contribution is -0.133. The third-order valence-corrected chi connectivity index (χ3v) is 5.93. The highest BCUT2D eigenvalue weighted by molar-refractivity contribution is 5.81. The molecule has 0 atom stereocenters. The predicted octanol–water partition coefficient (Wildman–Crippen LogP) is 3.15. The molecule has 27 heavy (non-hydrogen) atoms. The summed E-state index contributed by atoms with van der Waals surface area (Å²) in [5.41, 5.74) is 2.22. The molecule has 5 nitrogen and oxygen atoms in total. The minimum absolute atomic E-state index is 0.237. The normalized spacial score (nSPS) is 20.3. The minimum atomic E-state index is 0.237. The van der Waals surface area contributed by atoms with E-state index in [2.05, 4.69) is 12.1 Å². The number of aryl methyl sites for hydroxylation is 1. The zero-order chi connectivity index (χ0) is 18.6. The number of amides is 2. The van der Waals surface area contributed by atoms with Gasteiger partial charge in [-0.05, 0) is 43.7 Å². The van der Waals surface area contributed by atoms with Gasteiger partial charge >= 0.3 is 0 Å². The third-order valence-electron chi connectivity index (χ3n) is 5.93. The molecule has 1 aromatic carbocycles. The summed E-state index contributed by atoms with van der Waals surface area (Å²) in [5.74, 6) is 1.66. The van der Waals surface area contributed by atoms with E-state index in [1.807, 2.05) is 15.9 Å². The van der Waals surface area contributed by atoms with Crippen molar-refractivity contribution in [2.75, 3.05) is 26.2 Å². The Balaban J connectivity index is 1.38. The summed E-state index contributed by atoms with van der Waals surface area (Å²) in [7, 11) is 0. The average Bonchev–Trinajstić information content (AvgIpc) is 3.53. The van der Waals surface area contributed by atoms with Crippen LogP contribution < -0.4 is 4.74 Å². The van der Waals surface area contributed by atoms with Gasteiger partial charge in [0.05, 0.1) is 6.54 Å². The number of hydrogen-bond acceptors (Lipinski definition) is 3. The second-order valence-electron chi connectivity index (χ2n) is 8.12. The summed E-state index contributed by atoms with van der Waals surface area (Å²) in [4.78, 5) is 29.0. The van der Waals surface area contributed by atoms with Crippen molar-refractivity contribution in [3.63, 3.8) is 0 Å². The van der Waals surface area contributed by atoms with Gasteiger partial charge in [0.1, 0.15) is 12.4 Å².